The molecule has 82 valence electrons. The number of carbonyl (C=O) groups excluding carboxylic acids is 1. The number of nitrogens with zero attached hydrogens (tertiary/aromatic N) is 1. The van der Waals surface area contributed by atoms with Gasteiger partial charge in [0.15, 0.2) is 3.95 Å². The van der Waals surface area contributed by atoms with Gasteiger partial charge in [0.25, 0.3) is 0 Å². The number of carboxylic acids is 2. The van der Waals surface area contributed by atoms with E-state index in [1.807, 2.05) is 0 Å². The van der Waals surface area contributed by atoms with Gasteiger partial charge in [0.1, 0.15) is 6.04 Å². The molecule has 0 bridgehead atoms. The standard InChI is InChI=1S/C8H9NO4S2/c1-4(7(12)13)9-5(2-6(10)11)3-15-8(9)14/h3-4H,2H2,1H3,(H,10,11)(H,12,13)/p-1. The molecule has 0 spiro atoms. The molecule has 1 aromatic heterocycles. The Morgan fingerprint density at radius 2 is 2.33 bits per heavy atom. The fourth-order valence-corrected chi connectivity index (χ4v) is 2.38. The number of aliphatic carboxylic acids is 2. The maximum Gasteiger partial charge on any atom is 0.326 e. The minimum Gasteiger partial charge on any atom is -0.550 e. The summed E-state index contributed by atoms with van der Waals surface area (Å²) in [6, 6.07) is -0.863. The largest absolute Gasteiger partial charge is 0.550 e. The molecule has 1 aromatic rings. The summed E-state index contributed by atoms with van der Waals surface area (Å²) in [7, 11) is 0. The molecule has 0 fully saturated rings. The highest BCUT2D eigenvalue weighted by molar-refractivity contribution is 7.73. The van der Waals surface area contributed by atoms with Gasteiger partial charge in [-0.2, -0.15) is 0 Å². The zero-order valence-electron chi connectivity index (χ0n) is 7.80. The number of hydrogen-bond acceptors (Lipinski definition) is 5. The average molecular weight is 246 g/mol. The van der Waals surface area contributed by atoms with Crippen molar-refractivity contribution in [2.24, 2.45) is 0 Å². The Morgan fingerprint density at radius 1 is 1.73 bits per heavy atom. The summed E-state index contributed by atoms with van der Waals surface area (Å²) >= 11 is 6.07. The molecule has 1 rings (SSSR count). The van der Waals surface area contributed by atoms with Crippen molar-refractivity contribution in [1.29, 1.82) is 0 Å². The molecule has 1 N–H and O–H groups in total. The summed E-state index contributed by atoms with van der Waals surface area (Å²) in [4.78, 5) is 21.2. The van der Waals surface area contributed by atoms with E-state index in [0.717, 1.165) is 11.3 Å². The topological polar surface area (TPSA) is 82.4 Å². The van der Waals surface area contributed by atoms with Crippen LogP contribution in [0.1, 0.15) is 18.7 Å². The molecule has 0 aliphatic heterocycles. The van der Waals surface area contributed by atoms with Crippen molar-refractivity contribution in [3.05, 3.63) is 15.0 Å². The van der Waals surface area contributed by atoms with E-state index in [9.17, 15) is 14.7 Å². The Balaban J connectivity index is 3.15. The third kappa shape index (κ3) is 2.63. The molecular weight excluding hydrogens is 238 g/mol. The summed E-state index contributed by atoms with van der Waals surface area (Å²) in [5, 5.41) is 20.8. The van der Waals surface area contributed by atoms with Crippen molar-refractivity contribution in [2.45, 2.75) is 19.4 Å². The van der Waals surface area contributed by atoms with E-state index in [0.29, 0.717) is 9.65 Å². The van der Waals surface area contributed by atoms with Gasteiger partial charge in [-0.15, -0.1) is 11.3 Å². The summed E-state index contributed by atoms with van der Waals surface area (Å²) in [5.74, 6) is -2.31. The van der Waals surface area contributed by atoms with Crippen molar-refractivity contribution in [3.63, 3.8) is 0 Å². The first-order valence-electron chi connectivity index (χ1n) is 4.05. The minimum atomic E-state index is -1.26. The lowest BCUT2D eigenvalue weighted by Crippen LogP contribution is -2.27. The fourth-order valence-electron chi connectivity index (χ4n) is 1.14. The van der Waals surface area contributed by atoms with Crippen molar-refractivity contribution in [1.82, 2.24) is 4.57 Å². The molecule has 0 radical (unpaired) electrons. The Morgan fingerprint density at radius 3 is 2.80 bits per heavy atom. The van der Waals surface area contributed by atoms with Crippen LogP contribution in [0.15, 0.2) is 5.38 Å². The normalized spacial score (nSPS) is 12.3. The molecule has 1 atom stereocenters. The molecule has 0 amide bonds. The van der Waals surface area contributed by atoms with Crippen molar-refractivity contribution in [2.75, 3.05) is 0 Å². The summed E-state index contributed by atoms with van der Waals surface area (Å²) in [5.41, 5.74) is 0.361. The van der Waals surface area contributed by atoms with E-state index in [-0.39, 0.29) is 6.42 Å². The Kier molecular flexibility index (Phi) is 3.59. The molecule has 0 aliphatic carbocycles. The second kappa shape index (κ2) is 4.54. The van der Waals surface area contributed by atoms with Crippen LogP contribution in [0.2, 0.25) is 0 Å². The third-order valence-electron chi connectivity index (χ3n) is 1.87. The fraction of sp³-hybridized carbons (Fsp3) is 0.375. The van der Waals surface area contributed by atoms with Crippen LogP contribution < -0.4 is 5.11 Å². The van der Waals surface area contributed by atoms with E-state index in [1.165, 1.54) is 16.9 Å². The van der Waals surface area contributed by atoms with Crippen LogP contribution in [0.5, 0.6) is 0 Å². The van der Waals surface area contributed by atoms with E-state index < -0.39 is 18.0 Å². The van der Waals surface area contributed by atoms with E-state index in [2.05, 4.69) is 0 Å². The SMILES string of the molecule is CC(C(=O)O)n1c(CC(=O)[O-])csc1=S. The summed E-state index contributed by atoms with van der Waals surface area (Å²) in [6.07, 6.45) is -0.329. The number of carboxylic acid groups (broad SMARTS) is 2. The predicted octanol–water partition coefficient (Wildman–Crippen LogP) is 0.217. The van der Waals surface area contributed by atoms with Gasteiger partial charge < -0.3 is 19.6 Å². The van der Waals surface area contributed by atoms with Gasteiger partial charge in [-0.25, -0.2) is 4.79 Å². The molecule has 0 aromatic carbocycles. The predicted molar refractivity (Wildman–Crippen MR) is 54.2 cm³/mol. The maximum atomic E-state index is 10.8. The van der Waals surface area contributed by atoms with Crippen molar-refractivity contribution in [3.8, 4) is 0 Å². The molecular formula is C8H8NO4S2-. The molecule has 7 heteroatoms. The van der Waals surface area contributed by atoms with Crippen LogP contribution in [0, 0.1) is 3.95 Å². The van der Waals surface area contributed by atoms with Gasteiger partial charge >= 0.3 is 5.97 Å². The average Bonchev–Trinajstić information content (AvgIpc) is 2.45. The molecule has 1 unspecified atom stereocenters. The van der Waals surface area contributed by atoms with E-state index in [1.54, 1.807) is 0 Å². The second-order valence-electron chi connectivity index (χ2n) is 2.93. The number of rotatable bonds is 4. The first-order valence-corrected chi connectivity index (χ1v) is 5.34. The van der Waals surface area contributed by atoms with E-state index in [4.69, 9.17) is 17.3 Å². The van der Waals surface area contributed by atoms with Crippen LogP contribution >= 0.6 is 23.6 Å². The highest BCUT2D eigenvalue weighted by atomic mass is 32.1. The molecule has 0 saturated heterocycles. The molecule has 15 heavy (non-hydrogen) atoms. The first-order chi connectivity index (χ1) is 6.93. The van der Waals surface area contributed by atoms with Crippen LogP contribution in [-0.4, -0.2) is 21.6 Å². The molecule has 1 heterocycles. The van der Waals surface area contributed by atoms with Gasteiger partial charge in [-0.1, -0.05) is 0 Å². The highest BCUT2D eigenvalue weighted by Crippen LogP contribution is 2.18. The Hall–Kier alpha value is -1.21. The lowest BCUT2D eigenvalue weighted by molar-refractivity contribution is -0.304. The van der Waals surface area contributed by atoms with Gasteiger partial charge in [-0.05, 0) is 19.1 Å². The monoisotopic (exact) mass is 246 g/mol. The zero-order valence-corrected chi connectivity index (χ0v) is 9.43. The first kappa shape index (κ1) is 11.9. The second-order valence-corrected chi connectivity index (χ2v) is 4.43. The summed E-state index contributed by atoms with van der Waals surface area (Å²) in [6.45, 7) is 1.45. The quantitative estimate of drug-likeness (QED) is 0.768. The van der Waals surface area contributed by atoms with Crippen molar-refractivity contribution < 1.29 is 19.8 Å². The zero-order chi connectivity index (χ0) is 11.6. The molecule has 5 nitrogen and oxygen atoms in total. The maximum absolute atomic E-state index is 10.8. The van der Waals surface area contributed by atoms with Crippen molar-refractivity contribution >= 4 is 35.5 Å². The smallest absolute Gasteiger partial charge is 0.326 e. The van der Waals surface area contributed by atoms with Crippen LogP contribution in [0.25, 0.3) is 0 Å². The third-order valence-corrected chi connectivity index (χ3v) is 3.15. The van der Waals surface area contributed by atoms with Gasteiger partial charge in [0.05, 0.1) is 0 Å². The number of aromatic nitrogens is 1. The van der Waals surface area contributed by atoms with Crippen LogP contribution in [-0.2, 0) is 16.0 Å². The highest BCUT2D eigenvalue weighted by Gasteiger charge is 2.17. The van der Waals surface area contributed by atoms with Gasteiger partial charge in [-0.3, -0.25) is 0 Å². The van der Waals surface area contributed by atoms with Crippen LogP contribution in [0.3, 0.4) is 0 Å². The lowest BCUT2D eigenvalue weighted by atomic mass is 10.3. The van der Waals surface area contributed by atoms with Gasteiger partial charge in [0.2, 0.25) is 0 Å². The minimum absolute atomic E-state index is 0.329. The van der Waals surface area contributed by atoms with Crippen LogP contribution in [0.4, 0.5) is 0 Å². The van der Waals surface area contributed by atoms with Gasteiger partial charge in [0, 0.05) is 23.5 Å². The summed E-state index contributed by atoms with van der Waals surface area (Å²) < 4.78 is 1.67. The number of carbonyl (C=O) groups is 2. The lowest BCUT2D eigenvalue weighted by Gasteiger charge is -2.12. The Labute approximate surface area is 94.6 Å². The molecule has 0 saturated carbocycles. The number of thiazole rings is 1. The Bertz CT molecular complexity index is 448. The number of hydrogen-bond donors (Lipinski definition) is 1. The molecule has 0 aliphatic rings. The van der Waals surface area contributed by atoms with E-state index >= 15 is 0 Å².